The van der Waals surface area contributed by atoms with Crippen LogP contribution in [0.15, 0.2) is 168 Å². The van der Waals surface area contributed by atoms with Crippen LogP contribution in [0, 0.1) is 26.0 Å². The third kappa shape index (κ3) is 8.68. The van der Waals surface area contributed by atoms with Crippen LogP contribution in [0.1, 0.15) is 36.7 Å². The van der Waals surface area contributed by atoms with E-state index >= 15 is 0 Å². The van der Waals surface area contributed by atoms with Crippen molar-refractivity contribution in [1.82, 2.24) is 24.5 Å². The average Bonchev–Trinajstić information content (AvgIpc) is 3.89. The van der Waals surface area contributed by atoms with Crippen LogP contribution in [0.25, 0.3) is 94.5 Å². The molecule has 327 valence electrons. The summed E-state index contributed by atoms with van der Waals surface area (Å²) in [4.78, 5) is 18.9. The zero-order valence-corrected chi connectivity index (χ0v) is 41.5. The Labute approximate surface area is 400 Å². The summed E-state index contributed by atoms with van der Waals surface area (Å²) in [5.74, 6) is 1.15. The Morgan fingerprint density at radius 3 is 2.06 bits per heavy atom. The predicted molar refractivity (Wildman–Crippen MR) is 272 cm³/mol. The fourth-order valence-corrected chi connectivity index (χ4v) is 9.61. The van der Waals surface area contributed by atoms with Crippen molar-refractivity contribution in [3.63, 3.8) is 0 Å². The number of hydrogen-bond donors (Lipinski definition) is 0. The van der Waals surface area contributed by atoms with E-state index < -0.39 is 8.07 Å². The van der Waals surface area contributed by atoms with E-state index in [1.807, 2.05) is 38.4 Å². The van der Waals surface area contributed by atoms with E-state index in [4.69, 9.17) is 9.40 Å². The zero-order valence-electron chi connectivity index (χ0n) is 38.1. The monoisotopic (exact) mass is 1050 g/mol. The Kier molecular flexibility index (Phi) is 12.2. The van der Waals surface area contributed by atoms with Crippen LogP contribution in [0.3, 0.4) is 0 Å². The number of hydrogen-bond acceptors (Lipinski definition) is 5. The van der Waals surface area contributed by atoms with E-state index in [0.717, 1.165) is 77.9 Å². The number of fused-ring (bicyclic) bond motifs is 5. The molecule has 8 heteroatoms. The number of pyridine rings is 3. The van der Waals surface area contributed by atoms with Gasteiger partial charge in [-0.1, -0.05) is 141 Å². The van der Waals surface area contributed by atoms with Gasteiger partial charge in [0.2, 0.25) is 5.71 Å². The van der Waals surface area contributed by atoms with Crippen LogP contribution in [0.5, 0.6) is 0 Å². The number of benzene rings is 6. The normalized spacial score (nSPS) is 11.6. The maximum atomic E-state index is 5.83. The van der Waals surface area contributed by atoms with Crippen LogP contribution < -0.4 is 5.19 Å². The van der Waals surface area contributed by atoms with Crippen molar-refractivity contribution in [3.8, 4) is 50.6 Å². The number of nitrogens with zero attached hydrogens (tertiary/aromatic N) is 5. The number of para-hydroxylation sites is 2. The van der Waals surface area contributed by atoms with Crippen LogP contribution in [-0.2, 0) is 20.1 Å². The Balaban J connectivity index is 0.000000187. The summed E-state index contributed by atoms with van der Waals surface area (Å²) in [5, 5.41) is 5.66. The predicted octanol–water partition coefficient (Wildman–Crippen LogP) is 14.5. The average molecular weight is 1050 g/mol. The minimum atomic E-state index is -1.33. The molecule has 0 fully saturated rings. The molecule has 1 radical (unpaired) electrons. The fourth-order valence-electron chi connectivity index (χ4n) is 8.57. The molecule has 6 aromatic carbocycles. The summed E-state index contributed by atoms with van der Waals surface area (Å²) in [5.41, 5.74) is 15.5. The van der Waals surface area contributed by atoms with E-state index in [-0.39, 0.29) is 26.0 Å². The van der Waals surface area contributed by atoms with Crippen LogP contribution in [0.2, 0.25) is 19.6 Å². The van der Waals surface area contributed by atoms with Crippen molar-refractivity contribution in [3.05, 3.63) is 193 Å². The summed E-state index contributed by atoms with van der Waals surface area (Å²) < 4.78 is 8.18. The third-order valence-corrected chi connectivity index (χ3v) is 14.1. The van der Waals surface area contributed by atoms with Gasteiger partial charge >= 0.3 is 0 Å². The summed E-state index contributed by atoms with van der Waals surface area (Å²) >= 11 is 0. The number of aryl methyl sites for hydroxylation is 2. The molecule has 0 atom stereocenters. The molecule has 6 nitrogen and oxygen atoms in total. The molecular formula is C58H49IrN5OSi-2. The molecule has 0 N–H and O–H groups in total. The molecular weight excluding hydrogens is 1000 g/mol. The minimum absolute atomic E-state index is 0. The topological polar surface area (TPSA) is 69.6 Å². The molecule has 0 saturated carbocycles. The molecule has 11 rings (SSSR count). The molecule has 5 aromatic heterocycles. The summed E-state index contributed by atoms with van der Waals surface area (Å²) in [6.07, 6.45) is 3.95. The first kappa shape index (κ1) is 44.4. The summed E-state index contributed by atoms with van der Waals surface area (Å²) in [6, 6.07) is 60.0. The van der Waals surface area contributed by atoms with Crippen LogP contribution in [0.4, 0.5) is 0 Å². The first-order chi connectivity index (χ1) is 31.5. The first-order valence-electron chi connectivity index (χ1n) is 22.2. The molecule has 0 spiro atoms. The van der Waals surface area contributed by atoms with Crippen molar-refractivity contribution in [2.24, 2.45) is 0 Å². The van der Waals surface area contributed by atoms with Gasteiger partial charge in [-0.2, -0.15) is 0 Å². The number of rotatable bonds is 7. The van der Waals surface area contributed by atoms with Crippen molar-refractivity contribution in [2.45, 2.75) is 53.3 Å². The van der Waals surface area contributed by atoms with Gasteiger partial charge in [0, 0.05) is 60.5 Å². The van der Waals surface area contributed by atoms with Gasteiger partial charge < -0.3 is 14.0 Å². The molecule has 0 aliphatic heterocycles. The van der Waals surface area contributed by atoms with Gasteiger partial charge in [0.25, 0.3) is 0 Å². The quantitative estimate of drug-likeness (QED) is 0.117. The first-order valence-corrected chi connectivity index (χ1v) is 25.7. The second kappa shape index (κ2) is 18.2. The van der Waals surface area contributed by atoms with Gasteiger partial charge in [0.1, 0.15) is 0 Å². The van der Waals surface area contributed by atoms with Gasteiger partial charge in [0.05, 0.1) is 30.5 Å². The molecule has 5 heterocycles. The van der Waals surface area contributed by atoms with E-state index in [1.54, 1.807) is 0 Å². The fraction of sp³-hybridized carbons (Fsp3) is 0.138. The number of furan rings is 1. The number of imidazole rings is 1. The standard InChI is InChI=1S/C38H30N3.C20H19N2OSi.Ir/c1-25(2)33-22-31(27-12-6-4-7-13-27)23-34(28-14-8-5-9-15-28)37(33)41-36-17-11-10-16-35(36)40-38(41)30-19-18-29-20-26(3)39-24-32(29)21-30;1-13-5-8-16-17-11-14(6-10-19(17)23-20(16)22-13)18-9-7-15(12-21-18)24(2,3)4;/h4-18,20-25H,1-3H3;5,7-12H,1-4H3;/q2*-1;. The SMILES string of the molecule is Cc1cc2c[c-]c(-c3nc4ccccc4n3-c3c(-c4ccccc4)cc(-c4ccccc4)cc3C(C)C)cc2cn1.Cc1ccc2c(n1)oc1c[c-]c(-c3ccc([Si](C)(C)C)cn3)cc12.[Ir]. The van der Waals surface area contributed by atoms with Crippen molar-refractivity contribution < 1.29 is 24.5 Å². The molecule has 0 unspecified atom stereocenters. The Morgan fingerprint density at radius 1 is 0.606 bits per heavy atom. The largest absolute Gasteiger partial charge is 0.486 e. The Hall–Kier alpha value is -6.83. The maximum Gasteiger partial charge on any atom is 0.216 e. The van der Waals surface area contributed by atoms with Gasteiger partial charge in [0.15, 0.2) is 0 Å². The zero-order chi connectivity index (χ0) is 44.8. The van der Waals surface area contributed by atoms with Gasteiger partial charge in [-0.05, 0) is 89.3 Å². The Bertz CT molecular complexity index is 3520. The second-order valence-electron chi connectivity index (χ2n) is 18.1. The van der Waals surface area contributed by atoms with E-state index in [2.05, 4.69) is 205 Å². The van der Waals surface area contributed by atoms with Crippen LogP contribution in [-0.4, -0.2) is 32.6 Å². The minimum Gasteiger partial charge on any atom is -0.486 e. The third-order valence-electron chi connectivity index (χ3n) is 12.1. The van der Waals surface area contributed by atoms with E-state index in [1.165, 1.54) is 33.0 Å². The van der Waals surface area contributed by atoms with Gasteiger partial charge in [-0.15, -0.1) is 47.5 Å². The smallest absolute Gasteiger partial charge is 0.216 e. The molecule has 0 amide bonds. The molecule has 11 aromatic rings. The van der Waals surface area contributed by atoms with Crippen molar-refractivity contribution in [2.75, 3.05) is 0 Å². The molecule has 66 heavy (non-hydrogen) atoms. The molecule has 0 aliphatic carbocycles. The second-order valence-corrected chi connectivity index (χ2v) is 23.2. The van der Waals surface area contributed by atoms with Crippen molar-refractivity contribution >= 4 is 57.1 Å². The van der Waals surface area contributed by atoms with Crippen molar-refractivity contribution in [1.29, 1.82) is 0 Å². The Morgan fingerprint density at radius 2 is 1.33 bits per heavy atom. The van der Waals surface area contributed by atoms with Crippen LogP contribution >= 0.6 is 0 Å². The summed E-state index contributed by atoms with van der Waals surface area (Å²) in [6.45, 7) is 15.5. The number of aromatic nitrogens is 5. The van der Waals surface area contributed by atoms with Gasteiger partial charge in [-0.25, -0.2) is 4.98 Å². The van der Waals surface area contributed by atoms with Gasteiger partial charge in [-0.3, -0.25) is 9.97 Å². The maximum absolute atomic E-state index is 5.83. The summed E-state index contributed by atoms with van der Waals surface area (Å²) in [7, 11) is -1.33. The van der Waals surface area contributed by atoms with E-state index in [9.17, 15) is 0 Å². The molecule has 0 saturated heterocycles. The van der Waals surface area contributed by atoms with E-state index in [0.29, 0.717) is 5.71 Å². The molecule has 0 bridgehead atoms. The molecule has 0 aliphatic rings.